The van der Waals surface area contributed by atoms with Crippen molar-refractivity contribution >= 4 is 5.91 Å². The van der Waals surface area contributed by atoms with E-state index in [4.69, 9.17) is 0 Å². The Bertz CT molecular complexity index is 687. The Morgan fingerprint density at radius 3 is 2.54 bits per heavy atom. The van der Waals surface area contributed by atoms with Crippen LogP contribution in [0.3, 0.4) is 0 Å². The Morgan fingerprint density at radius 1 is 1.21 bits per heavy atom. The summed E-state index contributed by atoms with van der Waals surface area (Å²) < 4.78 is 13.0. The van der Waals surface area contributed by atoms with Gasteiger partial charge in [0.05, 0.1) is 12.1 Å². The minimum absolute atomic E-state index is 0.00673. The fourth-order valence-corrected chi connectivity index (χ4v) is 3.37. The number of hydrogen-bond acceptors (Lipinski definition) is 2. The molecule has 3 rings (SSSR count). The Kier molecular flexibility index (Phi) is 4.95. The van der Waals surface area contributed by atoms with Gasteiger partial charge in [0.15, 0.2) is 0 Å². The monoisotopic (exact) mass is 327 g/mol. The zero-order valence-corrected chi connectivity index (χ0v) is 13.7. The average molecular weight is 327 g/mol. The smallest absolute Gasteiger partial charge is 0.223 e. The van der Waals surface area contributed by atoms with Crippen molar-refractivity contribution in [1.82, 2.24) is 4.90 Å². The predicted octanol–water partition coefficient (Wildman–Crippen LogP) is 3.65. The second-order valence-corrected chi connectivity index (χ2v) is 6.52. The second kappa shape index (κ2) is 7.14. The molecule has 1 saturated heterocycles. The number of halogens is 1. The van der Waals surface area contributed by atoms with E-state index in [9.17, 15) is 14.3 Å². The van der Waals surface area contributed by atoms with Crippen molar-refractivity contribution in [3.63, 3.8) is 0 Å². The maximum Gasteiger partial charge on any atom is 0.223 e. The van der Waals surface area contributed by atoms with Gasteiger partial charge >= 0.3 is 0 Å². The van der Waals surface area contributed by atoms with Crippen molar-refractivity contribution in [2.75, 3.05) is 6.54 Å². The molecule has 1 aliphatic rings. The average Bonchev–Trinajstić information content (AvgIpc) is 2.98. The van der Waals surface area contributed by atoms with E-state index in [2.05, 4.69) is 0 Å². The van der Waals surface area contributed by atoms with Gasteiger partial charge in [-0.05, 0) is 35.6 Å². The molecule has 0 saturated carbocycles. The molecule has 0 bridgehead atoms. The van der Waals surface area contributed by atoms with Gasteiger partial charge in [-0.25, -0.2) is 4.39 Å². The fourth-order valence-electron chi connectivity index (χ4n) is 3.37. The first-order valence-electron chi connectivity index (χ1n) is 8.32. The minimum Gasteiger partial charge on any atom is -0.391 e. The van der Waals surface area contributed by atoms with E-state index in [0.29, 0.717) is 19.4 Å². The summed E-state index contributed by atoms with van der Waals surface area (Å²) in [6.07, 6.45) is 0.433. The van der Waals surface area contributed by atoms with Crippen molar-refractivity contribution in [2.45, 2.75) is 37.8 Å². The van der Waals surface area contributed by atoms with Crippen molar-refractivity contribution < 1.29 is 14.3 Å². The summed E-state index contributed by atoms with van der Waals surface area (Å²) in [7, 11) is 0. The molecule has 0 spiro atoms. The molecule has 1 heterocycles. The molecule has 24 heavy (non-hydrogen) atoms. The van der Waals surface area contributed by atoms with Crippen LogP contribution in [0.1, 0.15) is 42.9 Å². The van der Waals surface area contributed by atoms with Crippen LogP contribution < -0.4 is 0 Å². The molecule has 1 aliphatic heterocycles. The number of carbonyl (C=O) groups is 1. The highest BCUT2D eigenvalue weighted by Gasteiger charge is 2.35. The Balaban J connectivity index is 1.72. The Morgan fingerprint density at radius 2 is 1.88 bits per heavy atom. The summed E-state index contributed by atoms with van der Waals surface area (Å²) in [6.45, 7) is 2.34. The maximum absolute atomic E-state index is 13.0. The zero-order valence-electron chi connectivity index (χ0n) is 13.7. The highest BCUT2D eigenvalue weighted by molar-refractivity contribution is 5.78. The van der Waals surface area contributed by atoms with Crippen LogP contribution in [0.4, 0.5) is 4.39 Å². The molecular weight excluding hydrogens is 305 g/mol. The van der Waals surface area contributed by atoms with Gasteiger partial charge in [-0.3, -0.25) is 4.79 Å². The number of β-amino-alcohol motifs (C(OH)–C–C–N with tert-alkyl or cyclic N) is 1. The minimum atomic E-state index is -0.486. The molecule has 1 N–H and O–H groups in total. The topological polar surface area (TPSA) is 40.5 Å². The van der Waals surface area contributed by atoms with Gasteiger partial charge in [0.2, 0.25) is 5.91 Å². The van der Waals surface area contributed by atoms with Crippen LogP contribution in [0.25, 0.3) is 0 Å². The van der Waals surface area contributed by atoms with Crippen molar-refractivity contribution in [3.8, 4) is 0 Å². The SMILES string of the molecule is C[C@H](CC(=O)N1C[C@H](O)C[C@H]1c1ccccc1)c1ccc(F)cc1. The number of benzene rings is 2. The number of aliphatic hydroxyl groups is 1. The second-order valence-electron chi connectivity index (χ2n) is 6.52. The first kappa shape index (κ1) is 16.7. The third kappa shape index (κ3) is 3.65. The maximum atomic E-state index is 13.0. The van der Waals surface area contributed by atoms with E-state index in [1.165, 1.54) is 12.1 Å². The molecule has 0 radical (unpaired) electrons. The highest BCUT2D eigenvalue weighted by atomic mass is 19.1. The molecule has 3 nitrogen and oxygen atoms in total. The molecule has 0 aliphatic carbocycles. The van der Waals surface area contributed by atoms with Crippen molar-refractivity contribution in [3.05, 3.63) is 71.5 Å². The van der Waals surface area contributed by atoms with Gasteiger partial charge in [0.1, 0.15) is 5.82 Å². The van der Waals surface area contributed by atoms with Gasteiger partial charge in [-0.2, -0.15) is 0 Å². The molecule has 126 valence electrons. The zero-order chi connectivity index (χ0) is 17.1. The molecule has 1 amide bonds. The molecule has 4 heteroatoms. The summed E-state index contributed by atoms with van der Waals surface area (Å²) in [6, 6.07) is 16.0. The molecule has 3 atom stereocenters. The first-order chi connectivity index (χ1) is 11.5. The van der Waals surface area contributed by atoms with E-state index in [1.807, 2.05) is 37.3 Å². The van der Waals surface area contributed by atoms with E-state index >= 15 is 0 Å². The first-order valence-corrected chi connectivity index (χ1v) is 8.32. The third-order valence-electron chi connectivity index (χ3n) is 4.70. The number of aliphatic hydroxyl groups excluding tert-OH is 1. The molecular formula is C20H22FNO2. The largest absolute Gasteiger partial charge is 0.391 e. The Labute approximate surface area is 141 Å². The molecule has 2 aromatic carbocycles. The molecule has 0 unspecified atom stereocenters. The van der Waals surface area contributed by atoms with E-state index in [-0.39, 0.29) is 23.7 Å². The van der Waals surface area contributed by atoms with Gasteiger partial charge in [0, 0.05) is 13.0 Å². The number of hydrogen-bond donors (Lipinski definition) is 1. The number of likely N-dealkylation sites (tertiary alicyclic amines) is 1. The van der Waals surface area contributed by atoms with Gasteiger partial charge in [-0.15, -0.1) is 0 Å². The van der Waals surface area contributed by atoms with Crippen LogP contribution in [0.2, 0.25) is 0 Å². The van der Waals surface area contributed by atoms with Crippen LogP contribution >= 0.6 is 0 Å². The number of carbonyl (C=O) groups excluding carboxylic acids is 1. The van der Waals surface area contributed by atoms with Gasteiger partial charge in [-0.1, -0.05) is 49.4 Å². The molecule has 2 aromatic rings. The molecule has 1 fully saturated rings. The lowest BCUT2D eigenvalue weighted by Gasteiger charge is -2.26. The lowest BCUT2D eigenvalue weighted by Crippen LogP contribution is -2.32. The van der Waals surface area contributed by atoms with Crippen LogP contribution in [0.5, 0.6) is 0 Å². The Hall–Kier alpha value is -2.20. The van der Waals surface area contributed by atoms with Crippen molar-refractivity contribution in [1.29, 1.82) is 0 Å². The van der Waals surface area contributed by atoms with Crippen LogP contribution in [0, 0.1) is 5.82 Å². The quantitative estimate of drug-likeness (QED) is 0.931. The predicted molar refractivity (Wildman–Crippen MR) is 91.0 cm³/mol. The summed E-state index contributed by atoms with van der Waals surface area (Å²) in [5.41, 5.74) is 2.00. The van der Waals surface area contributed by atoms with E-state index < -0.39 is 6.10 Å². The fraction of sp³-hybridized carbons (Fsp3) is 0.350. The normalized spacial score (nSPS) is 21.7. The lowest BCUT2D eigenvalue weighted by molar-refractivity contribution is -0.132. The van der Waals surface area contributed by atoms with E-state index in [1.54, 1.807) is 17.0 Å². The summed E-state index contributed by atoms with van der Waals surface area (Å²) in [5.74, 6) is -0.242. The van der Waals surface area contributed by atoms with Gasteiger partial charge in [0.25, 0.3) is 0 Å². The van der Waals surface area contributed by atoms with Crippen molar-refractivity contribution in [2.24, 2.45) is 0 Å². The summed E-state index contributed by atoms with van der Waals surface area (Å²) >= 11 is 0. The van der Waals surface area contributed by atoms with Gasteiger partial charge < -0.3 is 10.0 Å². The van der Waals surface area contributed by atoms with Crippen LogP contribution in [-0.2, 0) is 4.79 Å². The summed E-state index contributed by atoms with van der Waals surface area (Å²) in [5, 5.41) is 10.0. The number of amides is 1. The van der Waals surface area contributed by atoms with E-state index in [0.717, 1.165) is 11.1 Å². The third-order valence-corrected chi connectivity index (χ3v) is 4.70. The highest BCUT2D eigenvalue weighted by Crippen LogP contribution is 2.33. The van der Waals surface area contributed by atoms with Crippen LogP contribution in [-0.4, -0.2) is 28.6 Å². The lowest BCUT2D eigenvalue weighted by atomic mass is 9.96. The summed E-state index contributed by atoms with van der Waals surface area (Å²) in [4.78, 5) is 14.5. The number of rotatable bonds is 4. The standard InChI is InChI=1S/C20H22FNO2/c1-14(15-7-9-17(21)10-8-15)11-20(24)22-13-18(23)12-19(22)16-5-3-2-4-6-16/h2-10,14,18-19,23H,11-13H2,1H3/t14-,18-,19+/m1/s1. The van der Waals surface area contributed by atoms with Crippen LogP contribution in [0.15, 0.2) is 54.6 Å². The number of nitrogens with zero attached hydrogens (tertiary/aromatic N) is 1. The molecule has 0 aromatic heterocycles.